The first-order valence-electron chi connectivity index (χ1n) is 3.13. The third-order valence-corrected chi connectivity index (χ3v) is 1.42. The van der Waals surface area contributed by atoms with E-state index in [4.69, 9.17) is 4.80 Å². The first kappa shape index (κ1) is 12.3. The Labute approximate surface area is 62.7 Å². The zero-order chi connectivity index (χ0) is 7.11. The average molecular weight is 165 g/mol. The van der Waals surface area contributed by atoms with E-state index >= 15 is 0 Å². The molecule has 0 saturated carbocycles. The predicted molar refractivity (Wildman–Crippen MR) is 39.2 cm³/mol. The predicted octanol–water partition coefficient (Wildman–Crippen LogP) is 0.763. The fourth-order valence-corrected chi connectivity index (χ4v) is 0.830. The van der Waals surface area contributed by atoms with Crippen molar-refractivity contribution in [1.29, 1.82) is 0 Å². The summed E-state index contributed by atoms with van der Waals surface area (Å²) in [6.45, 7) is 2.49. The van der Waals surface area contributed by atoms with Gasteiger partial charge >= 0.3 is 9.17 Å². The molecule has 0 atom stereocenters. The molecule has 0 unspecified atom stereocenters. The Kier molecular flexibility index (Phi) is 10.5. The molecule has 0 aliphatic carbocycles. The van der Waals surface area contributed by atoms with Gasteiger partial charge in [-0.15, -0.1) is 0 Å². The Bertz CT molecular complexity index is 89.0. The van der Waals surface area contributed by atoms with E-state index < -0.39 is 9.17 Å². The topological polar surface area (TPSA) is 81.5 Å². The summed E-state index contributed by atoms with van der Waals surface area (Å²) < 4.78 is 14.4. The van der Waals surface area contributed by atoms with Crippen molar-refractivity contribution in [2.45, 2.75) is 26.2 Å². The molecule has 0 fully saturated rings. The average Bonchev–Trinajstić information content (AvgIpc) is 1.80. The van der Waals surface area contributed by atoms with E-state index in [1.54, 1.807) is 0 Å². The van der Waals surface area contributed by atoms with Gasteiger partial charge in [0.2, 0.25) is 0 Å². The second-order valence-electron chi connectivity index (χ2n) is 1.82. The summed E-state index contributed by atoms with van der Waals surface area (Å²) in [7, 11) is -2.67. The van der Waals surface area contributed by atoms with Gasteiger partial charge in [0, 0.05) is 0 Å². The van der Waals surface area contributed by atoms with Crippen LogP contribution in [0.5, 0.6) is 0 Å². The number of hydrogen-bond donors (Lipinski definition) is 2. The van der Waals surface area contributed by atoms with Crippen molar-refractivity contribution in [3.8, 4) is 0 Å². The second-order valence-corrected chi connectivity index (χ2v) is 2.64. The Morgan fingerprint density at radius 1 is 1.50 bits per heavy atom. The zero-order valence-electron chi connectivity index (χ0n) is 6.30. The monoisotopic (exact) mass is 165 g/mol. The van der Waals surface area contributed by atoms with Crippen molar-refractivity contribution in [3.05, 3.63) is 0 Å². The Morgan fingerprint density at radius 2 is 2.10 bits per heavy atom. The lowest BCUT2D eigenvalue weighted by molar-refractivity contribution is 0.219. The lowest BCUT2D eigenvalue weighted by Crippen LogP contribution is -2.06. The number of unbranched alkanes of at least 4 members (excludes halogenated alkanes) is 2. The molecule has 0 aromatic rings. The van der Waals surface area contributed by atoms with E-state index in [2.05, 4.69) is 11.3 Å². The Morgan fingerprint density at radius 3 is 2.50 bits per heavy atom. The van der Waals surface area contributed by atoms with E-state index in [9.17, 15) is 4.46 Å². The molecular formula is C5H15NO3Si. The van der Waals surface area contributed by atoms with Gasteiger partial charge in [-0.3, -0.25) is 4.46 Å². The van der Waals surface area contributed by atoms with Gasteiger partial charge in [-0.25, -0.2) is 0 Å². The lowest BCUT2D eigenvalue weighted by Gasteiger charge is -1.96. The molecule has 10 heavy (non-hydrogen) atoms. The van der Waals surface area contributed by atoms with Gasteiger partial charge in [0.1, 0.15) is 0 Å². The van der Waals surface area contributed by atoms with E-state index in [1.807, 2.05) is 0 Å². The fourth-order valence-electron chi connectivity index (χ4n) is 0.512. The molecule has 4 nitrogen and oxygen atoms in total. The standard InChI is InChI=1S/C5H12O3Si.H3N/c1-2-3-4-5-8-9(6)7;/h6H,2-5H2,1H3;1H3. The van der Waals surface area contributed by atoms with E-state index in [0.717, 1.165) is 19.3 Å². The summed E-state index contributed by atoms with van der Waals surface area (Å²) in [6.07, 6.45) is 3.05. The summed E-state index contributed by atoms with van der Waals surface area (Å²) in [4.78, 5) is 8.18. The van der Waals surface area contributed by atoms with E-state index in [1.165, 1.54) is 0 Å². The van der Waals surface area contributed by atoms with Crippen LogP contribution in [0, 0.1) is 0 Å². The van der Waals surface area contributed by atoms with Crippen LogP contribution in [0.25, 0.3) is 0 Å². The first-order valence-corrected chi connectivity index (χ1v) is 4.39. The summed E-state index contributed by atoms with van der Waals surface area (Å²) in [5.74, 6) is 0. The first-order chi connectivity index (χ1) is 4.27. The van der Waals surface area contributed by atoms with Crippen LogP contribution in [0.2, 0.25) is 0 Å². The molecule has 0 aliphatic rings. The molecule has 0 amide bonds. The molecule has 5 heteroatoms. The molecule has 0 bridgehead atoms. The second kappa shape index (κ2) is 8.58. The molecular weight excluding hydrogens is 150 g/mol. The molecule has 0 aliphatic heterocycles. The van der Waals surface area contributed by atoms with Crippen LogP contribution in [0.15, 0.2) is 0 Å². The molecule has 0 heterocycles. The highest BCUT2D eigenvalue weighted by Gasteiger charge is 2.00. The minimum Gasteiger partial charge on any atom is -0.511 e. The third-order valence-electron chi connectivity index (χ3n) is 0.973. The van der Waals surface area contributed by atoms with Crippen molar-refractivity contribution in [2.75, 3.05) is 6.61 Å². The van der Waals surface area contributed by atoms with Crippen molar-refractivity contribution < 1.29 is 13.7 Å². The number of hydrogen-bond acceptors (Lipinski definition) is 3. The molecule has 0 aromatic carbocycles. The Balaban J connectivity index is 0. The van der Waals surface area contributed by atoms with Crippen LogP contribution >= 0.6 is 0 Å². The molecule has 0 aromatic heterocycles. The van der Waals surface area contributed by atoms with Gasteiger partial charge in [-0.05, 0) is 6.42 Å². The summed E-state index contributed by atoms with van der Waals surface area (Å²) in [5, 5.41) is 0. The van der Waals surface area contributed by atoms with Crippen molar-refractivity contribution in [1.82, 2.24) is 6.15 Å². The van der Waals surface area contributed by atoms with Gasteiger partial charge in [-0.2, -0.15) is 0 Å². The van der Waals surface area contributed by atoms with Crippen molar-refractivity contribution in [2.24, 2.45) is 0 Å². The maximum absolute atomic E-state index is 9.93. The van der Waals surface area contributed by atoms with Crippen LogP contribution < -0.4 is 6.15 Å². The van der Waals surface area contributed by atoms with Gasteiger partial charge in [0.15, 0.2) is 0 Å². The van der Waals surface area contributed by atoms with E-state index in [-0.39, 0.29) is 6.15 Å². The zero-order valence-corrected chi connectivity index (χ0v) is 7.30. The fraction of sp³-hybridized carbons (Fsp3) is 1.00. The maximum Gasteiger partial charge on any atom is 0.764 e. The molecule has 0 rings (SSSR count). The van der Waals surface area contributed by atoms with E-state index in [0.29, 0.717) is 6.61 Å². The maximum atomic E-state index is 9.93. The third kappa shape index (κ3) is 10.5. The molecule has 62 valence electrons. The van der Waals surface area contributed by atoms with Gasteiger partial charge in [-0.1, -0.05) is 19.8 Å². The summed E-state index contributed by atoms with van der Waals surface area (Å²) in [5.41, 5.74) is 0. The summed E-state index contributed by atoms with van der Waals surface area (Å²) in [6, 6.07) is 0. The molecule has 0 saturated heterocycles. The van der Waals surface area contributed by atoms with Gasteiger partial charge < -0.3 is 15.4 Å². The Hall–Kier alpha value is -0.423. The highest BCUT2D eigenvalue weighted by atomic mass is 28.3. The van der Waals surface area contributed by atoms with Gasteiger partial charge in [0.25, 0.3) is 0 Å². The smallest absolute Gasteiger partial charge is 0.511 e. The minimum atomic E-state index is -2.67. The van der Waals surface area contributed by atoms with Crippen molar-refractivity contribution in [3.63, 3.8) is 0 Å². The quantitative estimate of drug-likeness (QED) is 0.465. The summed E-state index contributed by atoms with van der Waals surface area (Å²) >= 11 is 0. The van der Waals surface area contributed by atoms with Crippen LogP contribution in [-0.2, 0) is 8.89 Å². The highest BCUT2D eigenvalue weighted by Crippen LogP contribution is 1.92. The van der Waals surface area contributed by atoms with Crippen molar-refractivity contribution >= 4 is 9.17 Å². The molecule has 0 radical (unpaired) electrons. The van der Waals surface area contributed by atoms with Gasteiger partial charge in [0.05, 0.1) is 6.61 Å². The normalized spacial score (nSPS) is 8.10. The van der Waals surface area contributed by atoms with Crippen LogP contribution in [-0.4, -0.2) is 20.6 Å². The largest absolute Gasteiger partial charge is 0.764 e. The van der Waals surface area contributed by atoms with Crippen LogP contribution in [0.4, 0.5) is 0 Å². The van der Waals surface area contributed by atoms with Crippen LogP contribution in [0.3, 0.4) is 0 Å². The molecule has 4 N–H and O–H groups in total. The SMILES string of the molecule is CCCCCO[Si](=O)O.N. The highest BCUT2D eigenvalue weighted by molar-refractivity contribution is 6.24. The minimum absolute atomic E-state index is 0. The van der Waals surface area contributed by atoms with Crippen LogP contribution in [0.1, 0.15) is 26.2 Å². The number of rotatable bonds is 5. The lowest BCUT2D eigenvalue weighted by atomic mass is 10.3. The molecule has 0 spiro atoms.